The molecule has 2 N–H and O–H groups in total. The molecule has 19 heavy (non-hydrogen) atoms. The molecule has 2 rings (SSSR count). The minimum absolute atomic E-state index is 0.231. The highest BCUT2D eigenvalue weighted by atomic mass is 14.6. The molecule has 1 aliphatic carbocycles. The molecule has 0 saturated heterocycles. The zero-order valence-corrected chi connectivity index (χ0v) is 12.2. The van der Waals surface area contributed by atoms with Crippen molar-refractivity contribution in [2.24, 2.45) is 11.7 Å². The first-order valence-electron chi connectivity index (χ1n) is 8.17. The lowest BCUT2D eigenvalue weighted by Gasteiger charge is -2.22. The summed E-state index contributed by atoms with van der Waals surface area (Å²) in [7, 11) is 0. The molecule has 1 saturated carbocycles. The Morgan fingerprint density at radius 2 is 1.37 bits per heavy atom. The molecule has 1 nitrogen and oxygen atoms in total. The van der Waals surface area contributed by atoms with Crippen molar-refractivity contribution in [1.82, 2.24) is 0 Å². The Labute approximate surface area is 118 Å². The van der Waals surface area contributed by atoms with Crippen molar-refractivity contribution >= 4 is 0 Å². The van der Waals surface area contributed by atoms with E-state index in [1.807, 2.05) is 0 Å². The Morgan fingerprint density at radius 1 is 0.842 bits per heavy atom. The Balaban J connectivity index is 1.84. The van der Waals surface area contributed by atoms with Gasteiger partial charge in [-0.1, -0.05) is 88.1 Å². The van der Waals surface area contributed by atoms with Crippen LogP contribution < -0.4 is 5.73 Å². The second kappa shape index (κ2) is 8.37. The summed E-state index contributed by atoms with van der Waals surface area (Å²) in [6.07, 6.45) is 14.0. The molecule has 1 fully saturated rings. The van der Waals surface area contributed by atoms with Gasteiger partial charge in [0.2, 0.25) is 0 Å². The zero-order chi connectivity index (χ0) is 13.3. The number of nitrogens with two attached hydrogens (primary N) is 1. The van der Waals surface area contributed by atoms with E-state index in [0.29, 0.717) is 0 Å². The van der Waals surface area contributed by atoms with Gasteiger partial charge in [0.1, 0.15) is 0 Å². The van der Waals surface area contributed by atoms with E-state index < -0.39 is 0 Å². The molecule has 1 unspecified atom stereocenters. The lowest BCUT2D eigenvalue weighted by Crippen LogP contribution is -2.16. The van der Waals surface area contributed by atoms with Gasteiger partial charge in [0.25, 0.3) is 0 Å². The van der Waals surface area contributed by atoms with Crippen LogP contribution in [0.1, 0.15) is 75.8 Å². The molecule has 0 bridgehead atoms. The highest BCUT2D eigenvalue weighted by molar-refractivity contribution is 5.18. The molecular weight excluding hydrogens is 230 g/mol. The fraction of sp³-hybridized carbons (Fsp3) is 0.667. The molecule has 0 aliphatic heterocycles. The third-order valence-corrected chi connectivity index (χ3v) is 4.54. The molecule has 1 atom stereocenters. The summed E-state index contributed by atoms with van der Waals surface area (Å²) in [6.45, 7) is 0. The fourth-order valence-corrected chi connectivity index (χ4v) is 3.33. The highest BCUT2D eigenvalue weighted by Gasteiger charge is 2.15. The zero-order valence-electron chi connectivity index (χ0n) is 12.2. The van der Waals surface area contributed by atoms with Gasteiger partial charge in [0.15, 0.2) is 0 Å². The van der Waals surface area contributed by atoms with Crippen LogP contribution in [0.2, 0.25) is 0 Å². The van der Waals surface area contributed by atoms with Crippen LogP contribution in [0.15, 0.2) is 30.3 Å². The first-order valence-corrected chi connectivity index (χ1v) is 8.17. The van der Waals surface area contributed by atoms with Crippen molar-refractivity contribution in [3.8, 4) is 0 Å². The van der Waals surface area contributed by atoms with Crippen LogP contribution in [0, 0.1) is 5.92 Å². The molecule has 1 aliphatic rings. The van der Waals surface area contributed by atoms with Crippen LogP contribution in [-0.4, -0.2) is 0 Å². The molecule has 0 aromatic heterocycles. The van der Waals surface area contributed by atoms with Crippen molar-refractivity contribution in [1.29, 1.82) is 0 Å². The smallest absolute Gasteiger partial charge is 0.0297 e. The van der Waals surface area contributed by atoms with Gasteiger partial charge in [0, 0.05) is 6.04 Å². The van der Waals surface area contributed by atoms with Crippen LogP contribution in [0.4, 0.5) is 0 Å². The number of benzene rings is 1. The molecule has 0 heterocycles. The van der Waals surface area contributed by atoms with Crippen LogP contribution in [0.5, 0.6) is 0 Å². The molecule has 106 valence electrons. The summed E-state index contributed by atoms with van der Waals surface area (Å²) < 4.78 is 0. The fourth-order valence-electron chi connectivity index (χ4n) is 3.33. The predicted molar refractivity (Wildman–Crippen MR) is 83.0 cm³/mol. The van der Waals surface area contributed by atoms with Crippen molar-refractivity contribution in [3.63, 3.8) is 0 Å². The SMILES string of the molecule is NC(CC1CCCCCCCCC1)c1ccccc1. The topological polar surface area (TPSA) is 26.0 Å². The number of hydrogen-bond donors (Lipinski definition) is 1. The maximum atomic E-state index is 6.39. The van der Waals surface area contributed by atoms with Crippen molar-refractivity contribution < 1.29 is 0 Å². The van der Waals surface area contributed by atoms with Gasteiger partial charge >= 0.3 is 0 Å². The molecule has 0 spiro atoms. The Morgan fingerprint density at radius 3 is 1.95 bits per heavy atom. The standard InChI is InChI=1S/C18H29N/c19-18(17-13-9-6-10-14-17)15-16-11-7-4-2-1-3-5-8-12-16/h6,9-10,13-14,16,18H,1-5,7-8,11-12,15,19H2. The minimum Gasteiger partial charge on any atom is -0.324 e. The highest BCUT2D eigenvalue weighted by Crippen LogP contribution is 2.28. The maximum absolute atomic E-state index is 6.39. The van der Waals surface area contributed by atoms with E-state index in [2.05, 4.69) is 30.3 Å². The van der Waals surface area contributed by atoms with Crippen molar-refractivity contribution in [2.75, 3.05) is 0 Å². The van der Waals surface area contributed by atoms with Gasteiger partial charge in [0.05, 0.1) is 0 Å². The molecule has 0 radical (unpaired) electrons. The van der Waals surface area contributed by atoms with Gasteiger partial charge in [-0.2, -0.15) is 0 Å². The van der Waals surface area contributed by atoms with E-state index in [4.69, 9.17) is 5.73 Å². The summed E-state index contributed by atoms with van der Waals surface area (Å²) in [5.74, 6) is 0.841. The van der Waals surface area contributed by atoms with Crippen molar-refractivity contribution in [2.45, 2.75) is 70.3 Å². The van der Waals surface area contributed by atoms with E-state index in [0.717, 1.165) is 5.92 Å². The lowest BCUT2D eigenvalue weighted by molar-refractivity contribution is 0.347. The van der Waals surface area contributed by atoms with Gasteiger partial charge in [-0.05, 0) is 17.9 Å². The van der Waals surface area contributed by atoms with Crippen LogP contribution in [0.25, 0.3) is 0 Å². The van der Waals surface area contributed by atoms with Gasteiger partial charge < -0.3 is 5.73 Å². The summed E-state index contributed by atoms with van der Waals surface area (Å²) in [5, 5.41) is 0. The summed E-state index contributed by atoms with van der Waals surface area (Å²) in [5.41, 5.74) is 7.69. The monoisotopic (exact) mass is 259 g/mol. The average molecular weight is 259 g/mol. The Bertz CT molecular complexity index is 323. The minimum atomic E-state index is 0.231. The van der Waals surface area contributed by atoms with E-state index >= 15 is 0 Å². The Kier molecular flexibility index (Phi) is 6.43. The van der Waals surface area contributed by atoms with Crippen molar-refractivity contribution in [3.05, 3.63) is 35.9 Å². The van der Waals surface area contributed by atoms with E-state index in [1.165, 1.54) is 69.8 Å². The molecule has 1 aromatic carbocycles. The predicted octanol–water partition coefficient (Wildman–Crippen LogP) is 5.22. The van der Waals surface area contributed by atoms with Gasteiger partial charge in [-0.25, -0.2) is 0 Å². The lowest BCUT2D eigenvalue weighted by atomic mass is 9.86. The normalized spacial score (nSPS) is 20.9. The first kappa shape index (κ1) is 14.6. The summed E-state index contributed by atoms with van der Waals surface area (Å²) in [4.78, 5) is 0. The maximum Gasteiger partial charge on any atom is 0.0297 e. The third kappa shape index (κ3) is 5.36. The van der Waals surface area contributed by atoms with Gasteiger partial charge in [-0.15, -0.1) is 0 Å². The quantitative estimate of drug-likeness (QED) is 0.791. The first-order chi connectivity index (χ1) is 9.36. The van der Waals surface area contributed by atoms with Crippen LogP contribution >= 0.6 is 0 Å². The van der Waals surface area contributed by atoms with E-state index in [-0.39, 0.29) is 6.04 Å². The molecule has 1 heteroatoms. The molecular formula is C18H29N. The van der Waals surface area contributed by atoms with Crippen LogP contribution in [-0.2, 0) is 0 Å². The van der Waals surface area contributed by atoms with Crippen LogP contribution in [0.3, 0.4) is 0 Å². The van der Waals surface area contributed by atoms with E-state index in [1.54, 1.807) is 0 Å². The summed E-state index contributed by atoms with van der Waals surface area (Å²) >= 11 is 0. The average Bonchev–Trinajstić information content (AvgIpc) is 2.46. The number of hydrogen-bond acceptors (Lipinski definition) is 1. The summed E-state index contributed by atoms with van der Waals surface area (Å²) in [6, 6.07) is 10.8. The Hall–Kier alpha value is -0.820. The third-order valence-electron chi connectivity index (χ3n) is 4.54. The number of rotatable bonds is 3. The largest absolute Gasteiger partial charge is 0.324 e. The second-order valence-corrected chi connectivity index (χ2v) is 6.17. The molecule has 0 amide bonds. The second-order valence-electron chi connectivity index (χ2n) is 6.17. The molecule has 1 aromatic rings. The van der Waals surface area contributed by atoms with E-state index in [9.17, 15) is 0 Å². The van der Waals surface area contributed by atoms with Gasteiger partial charge in [-0.3, -0.25) is 0 Å².